The van der Waals surface area contributed by atoms with E-state index < -0.39 is 5.91 Å². The smallest absolute Gasteiger partial charge is 0.274 e. The Balaban J connectivity index is 2.04. The van der Waals surface area contributed by atoms with Crippen LogP contribution in [-0.2, 0) is 11.3 Å². The Hall–Kier alpha value is -1.92. The Labute approximate surface area is 124 Å². The van der Waals surface area contributed by atoms with Crippen LogP contribution in [0.3, 0.4) is 0 Å². The first kappa shape index (κ1) is 15.5. The minimum atomic E-state index is -0.511. The summed E-state index contributed by atoms with van der Waals surface area (Å²) in [4.78, 5) is 26.3. The average Bonchev–Trinajstić information content (AvgIpc) is 2.50. The van der Waals surface area contributed by atoms with Crippen LogP contribution >= 0.6 is 0 Å². The molecule has 0 radical (unpaired) electrons. The highest BCUT2D eigenvalue weighted by Crippen LogP contribution is 2.18. The maximum Gasteiger partial charge on any atom is 0.274 e. The fourth-order valence-corrected chi connectivity index (χ4v) is 2.83. The molecule has 0 bridgehead atoms. The minimum Gasteiger partial charge on any atom is -0.342 e. The van der Waals surface area contributed by atoms with Gasteiger partial charge in [0, 0.05) is 37.3 Å². The lowest BCUT2D eigenvalue weighted by molar-refractivity contribution is -0.122. The third-order valence-electron chi connectivity index (χ3n) is 3.96. The lowest BCUT2D eigenvalue weighted by Crippen LogP contribution is -2.55. The van der Waals surface area contributed by atoms with Crippen LogP contribution in [0.2, 0.25) is 0 Å². The third kappa shape index (κ3) is 3.59. The summed E-state index contributed by atoms with van der Waals surface area (Å²) in [7, 11) is 0. The van der Waals surface area contributed by atoms with E-state index in [2.05, 4.69) is 18.7 Å². The molecule has 1 aromatic carbocycles. The standard InChI is InChI=1S/C15H21N3O3/c1-11-7-17(10-19)8-12(2)18(11)9-13-3-5-14(6-4-13)15(20)16-21/h3-6,10-12,21H,7-9H2,1-2H3,(H,16,20)/t11-,12+. The average molecular weight is 291 g/mol. The van der Waals surface area contributed by atoms with E-state index in [1.165, 1.54) is 0 Å². The van der Waals surface area contributed by atoms with E-state index in [0.29, 0.717) is 17.6 Å². The minimum absolute atomic E-state index is 0.291. The predicted octanol–water partition coefficient (Wildman–Crippen LogP) is 0.857. The molecule has 1 aliphatic rings. The fraction of sp³-hybridized carbons (Fsp3) is 0.467. The van der Waals surface area contributed by atoms with Gasteiger partial charge in [-0.05, 0) is 31.5 Å². The van der Waals surface area contributed by atoms with Gasteiger partial charge in [0.1, 0.15) is 0 Å². The number of nitrogens with zero attached hydrogens (tertiary/aromatic N) is 2. The van der Waals surface area contributed by atoms with Gasteiger partial charge in [-0.2, -0.15) is 0 Å². The summed E-state index contributed by atoms with van der Waals surface area (Å²) in [5.41, 5.74) is 3.14. The Bertz CT molecular complexity index is 491. The number of amides is 2. The van der Waals surface area contributed by atoms with Crippen LogP contribution in [0.1, 0.15) is 29.8 Å². The van der Waals surface area contributed by atoms with Crippen molar-refractivity contribution in [3.05, 3.63) is 35.4 Å². The normalized spacial score (nSPS) is 22.9. The van der Waals surface area contributed by atoms with Gasteiger partial charge in [0.05, 0.1) is 0 Å². The summed E-state index contributed by atoms with van der Waals surface area (Å²) in [5, 5.41) is 8.60. The van der Waals surface area contributed by atoms with Gasteiger partial charge in [-0.3, -0.25) is 19.7 Å². The number of hydrogen-bond acceptors (Lipinski definition) is 4. The van der Waals surface area contributed by atoms with Gasteiger partial charge in [0.2, 0.25) is 6.41 Å². The summed E-state index contributed by atoms with van der Waals surface area (Å²) < 4.78 is 0. The number of nitrogens with one attached hydrogen (secondary N) is 1. The van der Waals surface area contributed by atoms with Crippen LogP contribution in [0, 0.1) is 0 Å². The van der Waals surface area contributed by atoms with Gasteiger partial charge in [0.25, 0.3) is 5.91 Å². The van der Waals surface area contributed by atoms with E-state index in [-0.39, 0.29) is 0 Å². The van der Waals surface area contributed by atoms with Crippen LogP contribution in [-0.4, -0.2) is 52.5 Å². The Kier molecular flexibility index (Phi) is 4.93. The van der Waals surface area contributed by atoms with E-state index >= 15 is 0 Å². The quantitative estimate of drug-likeness (QED) is 0.490. The van der Waals surface area contributed by atoms with E-state index in [9.17, 15) is 9.59 Å². The third-order valence-corrected chi connectivity index (χ3v) is 3.96. The zero-order valence-electron chi connectivity index (χ0n) is 12.3. The molecule has 6 heteroatoms. The first-order valence-electron chi connectivity index (χ1n) is 7.03. The van der Waals surface area contributed by atoms with Crippen LogP contribution < -0.4 is 5.48 Å². The SMILES string of the molecule is C[C@@H]1CN(C=O)C[C@H](C)N1Cc1ccc(C(=O)NO)cc1. The summed E-state index contributed by atoms with van der Waals surface area (Å²) in [6.45, 7) is 6.47. The van der Waals surface area contributed by atoms with Crippen molar-refractivity contribution in [3.63, 3.8) is 0 Å². The highest BCUT2D eigenvalue weighted by molar-refractivity contribution is 5.93. The van der Waals surface area contributed by atoms with Crippen molar-refractivity contribution < 1.29 is 14.8 Å². The Morgan fingerprint density at radius 1 is 1.29 bits per heavy atom. The van der Waals surface area contributed by atoms with E-state index in [4.69, 9.17) is 5.21 Å². The second-order valence-corrected chi connectivity index (χ2v) is 5.57. The molecule has 0 unspecified atom stereocenters. The first-order valence-corrected chi connectivity index (χ1v) is 7.03. The van der Waals surface area contributed by atoms with Crippen molar-refractivity contribution in [1.82, 2.24) is 15.3 Å². The van der Waals surface area contributed by atoms with Gasteiger partial charge < -0.3 is 4.90 Å². The summed E-state index contributed by atoms with van der Waals surface area (Å²) in [6, 6.07) is 7.74. The van der Waals surface area contributed by atoms with E-state index in [0.717, 1.165) is 31.6 Å². The van der Waals surface area contributed by atoms with Crippen molar-refractivity contribution >= 4 is 12.3 Å². The molecule has 6 nitrogen and oxygen atoms in total. The largest absolute Gasteiger partial charge is 0.342 e. The molecule has 1 aromatic rings. The summed E-state index contributed by atoms with van der Waals surface area (Å²) in [6.07, 6.45) is 0.909. The molecule has 0 saturated carbocycles. The monoisotopic (exact) mass is 291 g/mol. The number of carbonyl (C=O) groups excluding carboxylic acids is 2. The molecule has 2 N–H and O–H groups in total. The molecule has 0 aromatic heterocycles. The van der Waals surface area contributed by atoms with Gasteiger partial charge in [0.15, 0.2) is 0 Å². The highest BCUT2D eigenvalue weighted by Gasteiger charge is 2.28. The molecular weight excluding hydrogens is 270 g/mol. The molecule has 0 aliphatic carbocycles. The predicted molar refractivity (Wildman–Crippen MR) is 77.8 cm³/mol. The molecule has 1 aliphatic heterocycles. The number of hydroxylamine groups is 1. The van der Waals surface area contributed by atoms with Gasteiger partial charge in [-0.25, -0.2) is 5.48 Å². The maximum absolute atomic E-state index is 11.3. The van der Waals surface area contributed by atoms with Crippen molar-refractivity contribution in [3.8, 4) is 0 Å². The topological polar surface area (TPSA) is 72.9 Å². The maximum atomic E-state index is 11.3. The molecule has 1 saturated heterocycles. The summed E-state index contributed by atoms with van der Waals surface area (Å²) in [5.74, 6) is -0.511. The summed E-state index contributed by atoms with van der Waals surface area (Å²) >= 11 is 0. The zero-order chi connectivity index (χ0) is 15.4. The van der Waals surface area contributed by atoms with Crippen molar-refractivity contribution in [2.45, 2.75) is 32.5 Å². The number of hydrogen-bond donors (Lipinski definition) is 2. The Morgan fingerprint density at radius 3 is 2.33 bits per heavy atom. The molecule has 114 valence electrons. The van der Waals surface area contributed by atoms with Crippen LogP contribution in [0.15, 0.2) is 24.3 Å². The molecular formula is C15H21N3O3. The van der Waals surface area contributed by atoms with Crippen LogP contribution in [0.4, 0.5) is 0 Å². The second kappa shape index (κ2) is 6.69. The lowest BCUT2D eigenvalue weighted by atomic mass is 10.1. The van der Waals surface area contributed by atoms with Gasteiger partial charge in [-0.1, -0.05) is 12.1 Å². The molecule has 1 heterocycles. The molecule has 2 atom stereocenters. The zero-order valence-corrected chi connectivity index (χ0v) is 12.3. The number of benzene rings is 1. The van der Waals surface area contributed by atoms with Gasteiger partial charge >= 0.3 is 0 Å². The van der Waals surface area contributed by atoms with Crippen molar-refractivity contribution in [2.24, 2.45) is 0 Å². The van der Waals surface area contributed by atoms with Crippen molar-refractivity contribution in [1.29, 1.82) is 0 Å². The van der Waals surface area contributed by atoms with E-state index in [1.807, 2.05) is 12.1 Å². The lowest BCUT2D eigenvalue weighted by Gasteiger charge is -2.43. The Morgan fingerprint density at radius 2 is 1.86 bits per heavy atom. The van der Waals surface area contributed by atoms with Crippen LogP contribution in [0.5, 0.6) is 0 Å². The molecule has 21 heavy (non-hydrogen) atoms. The molecule has 2 amide bonds. The number of carbonyl (C=O) groups is 2. The van der Waals surface area contributed by atoms with E-state index in [1.54, 1.807) is 22.5 Å². The molecule has 2 rings (SSSR count). The van der Waals surface area contributed by atoms with Gasteiger partial charge in [-0.15, -0.1) is 0 Å². The van der Waals surface area contributed by atoms with Crippen LogP contribution in [0.25, 0.3) is 0 Å². The molecule has 1 fully saturated rings. The van der Waals surface area contributed by atoms with Crippen molar-refractivity contribution in [2.75, 3.05) is 13.1 Å². The molecule has 0 spiro atoms. The fourth-order valence-electron chi connectivity index (χ4n) is 2.83. The number of rotatable bonds is 4. The second-order valence-electron chi connectivity index (χ2n) is 5.57. The highest BCUT2D eigenvalue weighted by atomic mass is 16.5. The number of piperazine rings is 1. The first-order chi connectivity index (χ1) is 10.0.